The molecule has 0 spiro atoms. The van der Waals surface area contributed by atoms with E-state index >= 15 is 0 Å². The van der Waals surface area contributed by atoms with Gasteiger partial charge < -0.3 is 9.64 Å². The fourth-order valence-corrected chi connectivity index (χ4v) is 3.49. The molecule has 0 aromatic heterocycles. The molecule has 0 saturated heterocycles. The van der Waals surface area contributed by atoms with Crippen molar-refractivity contribution in [3.8, 4) is 0 Å². The van der Waals surface area contributed by atoms with Crippen molar-refractivity contribution in [2.45, 2.75) is 37.8 Å². The molecule has 1 aromatic rings. The first kappa shape index (κ1) is 21.4. The Morgan fingerprint density at radius 3 is 2.16 bits per heavy atom. The first-order valence-corrected chi connectivity index (χ1v) is 9.41. The topological polar surface area (TPSA) is 84.0 Å². The van der Waals surface area contributed by atoms with Gasteiger partial charge in [-0.05, 0) is 39.0 Å². The van der Waals surface area contributed by atoms with Gasteiger partial charge in [-0.15, -0.1) is 0 Å². The third-order valence-corrected chi connectivity index (χ3v) is 5.99. The molecule has 7 nitrogen and oxygen atoms in total. The Bertz CT molecular complexity index is 762. The summed E-state index contributed by atoms with van der Waals surface area (Å²) in [5, 5.41) is 0.0423. The molecule has 0 bridgehead atoms. The highest BCUT2D eigenvalue weighted by Gasteiger charge is 2.27. The van der Waals surface area contributed by atoms with Crippen LogP contribution in [0, 0.1) is 0 Å². The summed E-state index contributed by atoms with van der Waals surface area (Å²) in [6.07, 6.45) is -1.02. The number of benzene rings is 1. The summed E-state index contributed by atoms with van der Waals surface area (Å²) in [7, 11) is 0.744. The van der Waals surface area contributed by atoms with E-state index < -0.39 is 28.0 Å². The van der Waals surface area contributed by atoms with Crippen LogP contribution in [0.4, 0.5) is 0 Å². The van der Waals surface area contributed by atoms with Gasteiger partial charge >= 0.3 is 5.97 Å². The van der Waals surface area contributed by atoms with Crippen LogP contribution in [0.2, 0.25) is 5.02 Å². The van der Waals surface area contributed by atoms with E-state index in [0.717, 1.165) is 6.07 Å². The van der Waals surface area contributed by atoms with Crippen LogP contribution in [0.15, 0.2) is 23.1 Å². The lowest BCUT2D eigenvalue weighted by atomic mass is 10.2. The zero-order chi connectivity index (χ0) is 19.5. The van der Waals surface area contributed by atoms with E-state index in [9.17, 15) is 18.0 Å². The van der Waals surface area contributed by atoms with Crippen molar-refractivity contribution < 1.29 is 22.7 Å². The molecule has 0 N–H and O–H groups in total. The molecular formula is C16H23ClN2O5S. The Hall–Kier alpha value is -1.64. The van der Waals surface area contributed by atoms with Gasteiger partial charge in [0.05, 0.1) is 15.5 Å². The normalized spacial score (nSPS) is 13.0. The molecule has 9 heteroatoms. The third kappa shape index (κ3) is 4.93. The second kappa shape index (κ2) is 8.16. The van der Waals surface area contributed by atoms with Gasteiger partial charge in [-0.2, -0.15) is 4.31 Å². The molecule has 140 valence electrons. The van der Waals surface area contributed by atoms with Gasteiger partial charge in [0.2, 0.25) is 10.0 Å². The number of nitrogens with zero attached hydrogens (tertiary/aromatic N) is 2. The van der Waals surface area contributed by atoms with E-state index in [-0.39, 0.29) is 21.5 Å². The summed E-state index contributed by atoms with van der Waals surface area (Å²) < 4.78 is 31.4. The average molecular weight is 391 g/mol. The summed E-state index contributed by atoms with van der Waals surface area (Å²) in [6.45, 7) is 4.90. The van der Waals surface area contributed by atoms with Gasteiger partial charge in [0.25, 0.3) is 5.91 Å². The Morgan fingerprint density at radius 1 is 1.12 bits per heavy atom. The number of likely N-dealkylation sites (N-methyl/N-ethyl adjacent to an activating group) is 1. The molecule has 0 aliphatic heterocycles. The van der Waals surface area contributed by atoms with Gasteiger partial charge in [-0.3, -0.25) is 4.79 Å². The highest BCUT2D eigenvalue weighted by molar-refractivity contribution is 7.89. The second-order valence-corrected chi connectivity index (χ2v) is 8.44. The molecule has 1 atom stereocenters. The van der Waals surface area contributed by atoms with Crippen molar-refractivity contribution >= 4 is 33.5 Å². The molecule has 1 amide bonds. The largest absolute Gasteiger partial charge is 0.449 e. The Balaban J connectivity index is 3.18. The number of hydrogen-bond donors (Lipinski definition) is 0. The third-order valence-electron chi connectivity index (χ3n) is 3.63. The zero-order valence-electron chi connectivity index (χ0n) is 15.1. The van der Waals surface area contributed by atoms with Gasteiger partial charge in [-0.25, -0.2) is 13.2 Å². The summed E-state index contributed by atoms with van der Waals surface area (Å²) in [4.78, 5) is 25.3. The molecule has 0 saturated carbocycles. The highest BCUT2D eigenvalue weighted by atomic mass is 35.5. The van der Waals surface area contributed by atoms with Crippen molar-refractivity contribution in [2.24, 2.45) is 0 Å². The van der Waals surface area contributed by atoms with Gasteiger partial charge in [-0.1, -0.05) is 11.6 Å². The number of carbonyl (C=O) groups is 2. The highest BCUT2D eigenvalue weighted by Crippen LogP contribution is 2.24. The number of carbonyl (C=O) groups excluding carboxylic acids is 2. The maximum atomic E-state index is 12.5. The van der Waals surface area contributed by atoms with Gasteiger partial charge in [0.1, 0.15) is 0 Å². The quantitative estimate of drug-likeness (QED) is 0.693. The summed E-state index contributed by atoms with van der Waals surface area (Å²) in [5.74, 6) is -1.26. The Kier molecular flexibility index (Phi) is 6.99. The van der Waals surface area contributed by atoms with E-state index in [2.05, 4.69) is 0 Å². The summed E-state index contributed by atoms with van der Waals surface area (Å²) >= 11 is 6.00. The molecule has 1 rings (SSSR count). The minimum Gasteiger partial charge on any atom is -0.449 e. The molecule has 0 unspecified atom stereocenters. The van der Waals surface area contributed by atoms with Crippen LogP contribution in [-0.4, -0.2) is 62.8 Å². The van der Waals surface area contributed by atoms with Crippen molar-refractivity contribution in [3.05, 3.63) is 28.8 Å². The van der Waals surface area contributed by atoms with Gasteiger partial charge in [0, 0.05) is 27.2 Å². The van der Waals surface area contributed by atoms with Crippen LogP contribution in [-0.2, 0) is 19.6 Å². The van der Waals surface area contributed by atoms with E-state index in [0.29, 0.717) is 0 Å². The lowest BCUT2D eigenvalue weighted by Gasteiger charge is -2.21. The molecule has 0 fully saturated rings. The lowest BCUT2D eigenvalue weighted by Crippen LogP contribution is -2.35. The van der Waals surface area contributed by atoms with Crippen molar-refractivity contribution in [2.75, 3.05) is 21.1 Å². The van der Waals surface area contributed by atoms with Crippen LogP contribution in [0.25, 0.3) is 0 Å². The average Bonchev–Trinajstić information content (AvgIpc) is 2.52. The summed E-state index contributed by atoms with van der Waals surface area (Å²) in [5.41, 5.74) is -0.113. The van der Waals surface area contributed by atoms with Crippen LogP contribution in [0.3, 0.4) is 0 Å². The number of hydrogen-bond acceptors (Lipinski definition) is 5. The van der Waals surface area contributed by atoms with Crippen LogP contribution in [0.1, 0.15) is 31.1 Å². The number of halogens is 1. The molecule has 0 aliphatic carbocycles. The number of rotatable bonds is 6. The maximum Gasteiger partial charge on any atom is 0.340 e. The van der Waals surface area contributed by atoms with E-state index in [1.54, 1.807) is 13.8 Å². The Morgan fingerprint density at radius 2 is 1.68 bits per heavy atom. The fourth-order valence-electron chi connectivity index (χ4n) is 1.90. The molecule has 1 aromatic carbocycles. The lowest BCUT2D eigenvalue weighted by molar-refractivity contribution is -0.137. The van der Waals surface area contributed by atoms with Crippen LogP contribution >= 0.6 is 11.6 Å². The van der Waals surface area contributed by atoms with E-state index in [1.807, 2.05) is 0 Å². The smallest absolute Gasteiger partial charge is 0.340 e. The first-order chi connectivity index (χ1) is 11.4. The summed E-state index contributed by atoms with van der Waals surface area (Å²) in [6, 6.07) is 3.54. The molecule has 0 heterocycles. The number of ether oxygens (including phenoxy) is 1. The first-order valence-electron chi connectivity index (χ1n) is 7.59. The second-order valence-electron chi connectivity index (χ2n) is 6.04. The van der Waals surface area contributed by atoms with Crippen molar-refractivity contribution in [1.82, 2.24) is 9.21 Å². The number of sulfonamides is 1. The maximum absolute atomic E-state index is 12.5. The number of esters is 1. The van der Waals surface area contributed by atoms with Crippen LogP contribution in [0.5, 0.6) is 0 Å². The molecule has 25 heavy (non-hydrogen) atoms. The van der Waals surface area contributed by atoms with E-state index in [1.165, 1.54) is 49.4 Å². The van der Waals surface area contributed by atoms with Crippen LogP contribution < -0.4 is 0 Å². The molecular weight excluding hydrogens is 368 g/mol. The van der Waals surface area contributed by atoms with E-state index in [4.69, 9.17) is 16.3 Å². The van der Waals surface area contributed by atoms with Crippen molar-refractivity contribution in [1.29, 1.82) is 0 Å². The van der Waals surface area contributed by atoms with Gasteiger partial charge in [0.15, 0.2) is 6.10 Å². The molecule has 0 aliphatic rings. The monoisotopic (exact) mass is 390 g/mol. The minimum atomic E-state index is -3.78. The molecule has 0 radical (unpaired) electrons. The standard InChI is InChI=1S/C16H23ClN2O5S/c1-10(2)19(6)25(22,23)12-7-8-14(17)13(9-12)16(21)24-11(3)15(20)18(4)5/h7-11H,1-6H3/t11-/m0/s1. The fraction of sp³-hybridized carbons (Fsp3) is 0.500. The minimum absolute atomic E-state index is 0.0423. The van der Waals surface area contributed by atoms with Crippen molar-refractivity contribution in [3.63, 3.8) is 0 Å². The predicted molar refractivity (Wildman–Crippen MR) is 95.1 cm³/mol. The SMILES string of the molecule is CC(C)N(C)S(=O)(=O)c1ccc(Cl)c(C(=O)O[C@@H](C)C(=O)N(C)C)c1. The predicted octanol–water partition coefficient (Wildman–Crippen LogP) is 2.00. The zero-order valence-corrected chi connectivity index (χ0v) is 16.7. The number of amides is 1. The Labute approximate surface area is 153 Å².